The first-order valence-corrected chi connectivity index (χ1v) is 6.90. The number of rotatable bonds is 3. The summed E-state index contributed by atoms with van der Waals surface area (Å²) in [5.74, 6) is -0.259. The fourth-order valence-electron chi connectivity index (χ4n) is 2.64. The van der Waals surface area contributed by atoms with Crippen LogP contribution >= 0.6 is 0 Å². The molecule has 114 valence electrons. The van der Waals surface area contributed by atoms with Crippen molar-refractivity contribution < 1.29 is 9.72 Å². The highest BCUT2D eigenvalue weighted by molar-refractivity contribution is 6.01. The van der Waals surface area contributed by atoms with Crippen LogP contribution in [0.5, 0.6) is 0 Å². The van der Waals surface area contributed by atoms with Gasteiger partial charge >= 0.3 is 0 Å². The van der Waals surface area contributed by atoms with E-state index < -0.39 is 4.92 Å². The van der Waals surface area contributed by atoms with E-state index in [1.807, 2.05) is 0 Å². The zero-order chi connectivity index (χ0) is 15.6. The lowest BCUT2D eigenvalue weighted by Crippen LogP contribution is -2.44. The van der Waals surface area contributed by atoms with Crippen molar-refractivity contribution in [3.63, 3.8) is 0 Å². The van der Waals surface area contributed by atoms with Crippen molar-refractivity contribution in [1.82, 2.24) is 9.80 Å². The van der Waals surface area contributed by atoms with E-state index in [0.717, 1.165) is 25.9 Å². The van der Waals surface area contributed by atoms with E-state index in [2.05, 4.69) is 11.9 Å². The monoisotopic (exact) mass is 292 g/mol. The van der Waals surface area contributed by atoms with Crippen molar-refractivity contribution in [2.75, 3.05) is 32.9 Å². The van der Waals surface area contributed by atoms with Gasteiger partial charge in [0.25, 0.3) is 11.6 Å². The number of nitrogens with zero attached hydrogens (tertiary/aromatic N) is 3. The van der Waals surface area contributed by atoms with Crippen LogP contribution in [0.3, 0.4) is 0 Å². The minimum absolute atomic E-state index is 0.0627. The molecule has 0 unspecified atom stereocenters. The van der Waals surface area contributed by atoms with Crippen molar-refractivity contribution >= 4 is 17.3 Å². The van der Waals surface area contributed by atoms with Gasteiger partial charge in [-0.2, -0.15) is 0 Å². The predicted octanol–water partition coefficient (Wildman–Crippen LogP) is 1.34. The second-order valence-electron chi connectivity index (χ2n) is 5.45. The van der Waals surface area contributed by atoms with Crippen LogP contribution in [0.15, 0.2) is 18.2 Å². The molecule has 1 amide bonds. The average molecular weight is 292 g/mol. The van der Waals surface area contributed by atoms with Gasteiger partial charge in [-0.3, -0.25) is 14.9 Å². The minimum atomic E-state index is -0.568. The summed E-state index contributed by atoms with van der Waals surface area (Å²) in [5.41, 5.74) is 5.69. The molecule has 0 aromatic heterocycles. The molecule has 0 bridgehead atoms. The van der Waals surface area contributed by atoms with Crippen LogP contribution in [0.2, 0.25) is 0 Å². The Morgan fingerprint density at radius 1 is 1.43 bits per heavy atom. The zero-order valence-electron chi connectivity index (χ0n) is 12.3. The van der Waals surface area contributed by atoms with Gasteiger partial charge in [0.05, 0.1) is 10.5 Å². The van der Waals surface area contributed by atoms with E-state index in [4.69, 9.17) is 5.73 Å². The topological polar surface area (TPSA) is 92.7 Å². The van der Waals surface area contributed by atoms with Gasteiger partial charge < -0.3 is 15.5 Å². The van der Waals surface area contributed by atoms with E-state index in [0.29, 0.717) is 0 Å². The molecule has 0 aliphatic carbocycles. The number of nitrogens with two attached hydrogens (primary N) is 1. The van der Waals surface area contributed by atoms with Gasteiger partial charge in [-0.05, 0) is 39.0 Å². The number of anilines is 1. The maximum absolute atomic E-state index is 12.5. The van der Waals surface area contributed by atoms with Gasteiger partial charge in [-0.25, -0.2) is 0 Å². The van der Waals surface area contributed by atoms with Gasteiger partial charge in [0.1, 0.15) is 5.69 Å². The fraction of sp³-hybridized carbons (Fsp3) is 0.500. The molecular weight excluding hydrogens is 272 g/mol. The molecule has 1 aromatic carbocycles. The number of hydrogen-bond acceptors (Lipinski definition) is 5. The zero-order valence-corrected chi connectivity index (χ0v) is 12.3. The van der Waals surface area contributed by atoms with Gasteiger partial charge in [0.2, 0.25) is 0 Å². The molecule has 0 spiro atoms. The Labute approximate surface area is 123 Å². The first-order valence-electron chi connectivity index (χ1n) is 6.90. The van der Waals surface area contributed by atoms with Gasteiger partial charge in [-0.1, -0.05) is 6.07 Å². The van der Waals surface area contributed by atoms with Crippen LogP contribution in [-0.4, -0.2) is 53.9 Å². The molecule has 1 fully saturated rings. The van der Waals surface area contributed by atoms with E-state index in [-0.39, 0.29) is 28.9 Å². The Kier molecular flexibility index (Phi) is 4.42. The van der Waals surface area contributed by atoms with Crippen LogP contribution in [-0.2, 0) is 0 Å². The van der Waals surface area contributed by atoms with Crippen molar-refractivity contribution in [3.8, 4) is 0 Å². The number of likely N-dealkylation sites (tertiary alicyclic amines) is 1. The van der Waals surface area contributed by atoms with Crippen molar-refractivity contribution in [2.45, 2.75) is 18.9 Å². The number of nitrogen functional groups attached to an aromatic ring is 1. The first kappa shape index (κ1) is 15.2. The number of carbonyl (C=O) groups is 1. The molecule has 1 aromatic rings. The standard InChI is InChI=1S/C14H20N4O3/c1-16-8-6-10(7-9-16)17(2)14(19)11-4-3-5-12(13(11)15)18(20)21/h3-5,10H,6-9,15H2,1-2H3. The number of nitro benzene ring substituents is 1. The third kappa shape index (κ3) is 3.13. The maximum Gasteiger partial charge on any atom is 0.292 e. The highest BCUT2D eigenvalue weighted by Gasteiger charge is 2.27. The van der Waals surface area contributed by atoms with Crippen molar-refractivity contribution in [1.29, 1.82) is 0 Å². The molecule has 7 nitrogen and oxygen atoms in total. The number of piperidine rings is 1. The molecule has 7 heteroatoms. The van der Waals surface area contributed by atoms with Crippen LogP contribution in [0.4, 0.5) is 11.4 Å². The summed E-state index contributed by atoms with van der Waals surface area (Å²) < 4.78 is 0. The number of carbonyl (C=O) groups excluding carboxylic acids is 1. The highest BCUT2D eigenvalue weighted by Crippen LogP contribution is 2.27. The first-order chi connectivity index (χ1) is 9.91. The number of benzene rings is 1. The summed E-state index contributed by atoms with van der Waals surface area (Å²) in [4.78, 5) is 26.7. The lowest BCUT2D eigenvalue weighted by atomic mass is 10.0. The third-order valence-electron chi connectivity index (χ3n) is 4.07. The van der Waals surface area contributed by atoms with E-state index in [9.17, 15) is 14.9 Å². The Morgan fingerprint density at radius 3 is 2.62 bits per heavy atom. The van der Waals surface area contributed by atoms with E-state index in [1.165, 1.54) is 18.2 Å². The maximum atomic E-state index is 12.5. The summed E-state index contributed by atoms with van der Waals surface area (Å²) in [6.45, 7) is 1.87. The second-order valence-corrected chi connectivity index (χ2v) is 5.45. The van der Waals surface area contributed by atoms with Crippen molar-refractivity contribution in [2.24, 2.45) is 0 Å². The van der Waals surface area contributed by atoms with Crippen LogP contribution in [0.25, 0.3) is 0 Å². The molecule has 0 atom stereocenters. The highest BCUT2D eigenvalue weighted by atomic mass is 16.6. The second kappa shape index (κ2) is 6.09. The van der Waals surface area contributed by atoms with Gasteiger partial charge in [0.15, 0.2) is 0 Å². The summed E-state index contributed by atoms with van der Waals surface area (Å²) in [6, 6.07) is 4.48. The SMILES string of the molecule is CN1CCC(N(C)C(=O)c2cccc([N+](=O)[O-])c2N)CC1. The molecule has 2 rings (SSSR count). The molecule has 2 N–H and O–H groups in total. The quantitative estimate of drug-likeness (QED) is 0.515. The molecule has 1 aliphatic heterocycles. The Morgan fingerprint density at radius 2 is 2.05 bits per heavy atom. The van der Waals surface area contributed by atoms with Crippen LogP contribution in [0, 0.1) is 10.1 Å². The summed E-state index contributed by atoms with van der Waals surface area (Å²) in [7, 11) is 3.78. The lowest BCUT2D eigenvalue weighted by Gasteiger charge is -2.35. The number of nitro groups is 1. The van der Waals surface area contributed by atoms with E-state index >= 15 is 0 Å². The van der Waals surface area contributed by atoms with E-state index in [1.54, 1.807) is 11.9 Å². The van der Waals surface area contributed by atoms with Crippen LogP contribution < -0.4 is 5.73 Å². The van der Waals surface area contributed by atoms with Crippen LogP contribution in [0.1, 0.15) is 23.2 Å². The Hall–Kier alpha value is -2.15. The Bertz CT molecular complexity index is 553. The minimum Gasteiger partial charge on any atom is -0.393 e. The molecule has 21 heavy (non-hydrogen) atoms. The summed E-state index contributed by atoms with van der Waals surface area (Å²) in [6.07, 6.45) is 1.79. The summed E-state index contributed by atoms with van der Waals surface area (Å²) >= 11 is 0. The predicted molar refractivity (Wildman–Crippen MR) is 80.1 cm³/mol. The molecule has 0 radical (unpaired) electrons. The number of amides is 1. The van der Waals surface area contributed by atoms with Gasteiger partial charge in [-0.15, -0.1) is 0 Å². The lowest BCUT2D eigenvalue weighted by molar-refractivity contribution is -0.383. The Balaban J connectivity index is 2.20. The molecule has 1 heterocycles. The average Bonchev–Trinajstić information content (AvgIpc) is 2.46. The smallest absolute Gasteiger partial charge is 0.292 e. The summed E-state index contributed by atoms with van der Waals surface area (Å²) in [5, 5.41) is 10.9. The normalized spacial score (nSPS) is 16.7. The molecule has 1 aliphatic rings. The largest absolute Gasteiger partial charge is 0.393 e. The van der Waals surface area contributed by atoms with Crippen molar-refractivity contribution in [3.05, 3.63) is 33.9 Å². The fourth-order valence-corrected chi connectivity index (χ4v) is 2.64. The number of para-hydroxylation sites is 1. The van der Waals surface area contributed by atoms with Gasteiger partial charge in [0, 0.05) is 19.2 Å². The third-order valence-corrected chi connectivity index (χ3v) is 4.07. The molecular formula is C14H20N4O3. The molecule has 0 saturated carbocycles. The molecule has 1 saturated heterocycles. The number of hydrogen-bond donors (Lipinski definition) is 1.